The second-order valence-corrected chi connectivity index (χ2v) is 3.76. The van der Waals surface area contributed by atoms with Crippen molar-refractivity contribution in [1.29, 1.82) is 0 Å². The first kappa shape index (κ1) is 9.20. The van der Waals surface area contributed by atoms with Gasteiger partial charge in [0, 0.05) is 17.8 Å². The molecule has 72 valence electrons. The van der Waals surface area contributed by atoms with Gasteiger partial charge in [-0.3, -0.25) is 4.98 Å². The van der Waals surface area contributed by atoms with E-state index in [9.17, 15) is 0 Å². The van der Waals surface area contributed by atoms with Gasteiger partial charge >= 0.3 is 0 Å². The fourth-order valence-corrected chi connectivity index (χ4v) is 1.75. The van der Waals surface area contributed by atoms with E-state index in [4.69, 9.17) is 0 Å². The van der Waals surface area contributed by atoms with E-state index < -0.39 is 0 Å². The lowest BCUT2D eigenvalue weighted by Crippen LogP contribution is -1.93. The molecule has 0 aliphatic heterocycles. The Bertz CT molecular complexity index is 429. The largest absolute Gasteiger partial charge is 0.264 e. The summed E-state index contributed by atoms with van der Waals surface area (Å²) in [6, 6.07) is 8.45. The Morgan fingerprint density at radius 2 is 2.00 bits per heavy atom. The van der Waals surface area contributed by atoms with Crippen LogP contribution in [-0.2, 0) is 0 Å². The first-order valence-corrected chi connectivity index (χ1v) is 5.15. The molecule has 14 heavy (non-hydrogen) atoms. The molecule has 1 aromatic heterocycles. The van der Waals surface area contributed by atoms with Crippen LogP contribution in [0.15, 0.2) is 36.7 Å². The lowest BCUT2D eigenvalue weighted by molar-refractivity contribution is 0.736. The number of aromatic nitrogens is 1. The standard InChI is InChI=1S/C13H15N/c1-3-10(2)13-9-14-8-11-6-4-5-7-12(11)13/h4-10H,3H2,1-2H3. The summed E-state index contributed by atoms with van der Waals surface area (Å²) in [7, 11) is 0. The van der Waals surface area contributed by atoms with Crippen LogP contribution in [0.2, 0.25) is 0 Å². The van der Waals surface area contributed by atoms with Crippen molar-refractivity contribution < 1.29 is 0 Å². The minimum Gasteiger partial charge on any atom is -0.264 e. The zero-order chi connectivity index (χ0) is 9.97. The zero-order valence-electron chi connectivity index (χ0n) is 8.70. The molecule has 0 spiro atoms. The van der Waals surface area contributed by atoms with E-state index in [1.807, 2.05) is 12.4 Å². The van der Waals surface area contributed by atoms with Crippen LogP contribution in [0.25, 0.3) is 10.8 Å². The van der Waals surface area contributed by atoms with Gasteiger partial charge in [0.25, 0.3) is 0 Å². The van der Waals surface area contributed by atoms with Gasteiger partial charge in [0.2, 0.25) is 0 Å². The minimum absolute atomic E-state index is 0.591. The number of nitrogens with zero attached hydrogens (tertiary/aromatic N) is 1. The Morgan fingerprint density at radius 1 is 1.21 bits per heavy atom. The molecule has 0 bridgehead atoms. The number of rotatable bonds is 2. The van der Waals surface area contributed by atoms with Crippen LogP contribution in [0, 0.1) is 0 Å². The fraction of sp³-hybridized carbons (Fsp3) is 0.308. The van der Waals surface area contributed by atoms with E-state index in [0.29, 0.717) is 5.92 Å². The Hall–Kier alpha value is -1.37. The molecule has 0 fully saturated rings. The average Bonchev–Trinajstić information content (AvgIpc) is 2.27. The van der Waals surface area contributed by atoms with Gasteiger partial charge < -0.3 is 0 Å². The van der Waals surface area contributed by atoms with Crippen molar-refractivity contribution >= 4 is 10.8 Å². The van der Waals surface area contributed by atoms with Gasteiger partial charge in [-0.1, -0.05) is 38.1 Å². The maximum atomic E-state index is 4.28. The number of fused-ring (bicyclic) bond motifs is 1. The highest BCUT2D eigenvalue weighted by Crippen LogP contribution is 2.25. The van der Waals surface area contributed by atoms with Crippen molar-refractivity contribution in [3.63, 3.8) is 0 Å². The molecule has 0 amide bonds. The molecule has 0 saturated heterocycles. The summed E-state index contributed by atoms with van der Waals surface area (Å²) in [6.07, 6.45) is 5.09. The van der Waals surface area contributed by atoms with E-state index in [1.165, 1.54) is 16.3 Å². The summed E-state index contributed by atoms with van der Waals surface area (Å²) < 4.78 is 0. The van der Waals surface area contributed by atoms with Crippen LogP contribution in [0.4, 0.5) is 0 Å². The van der Waals surface area contributed by atoms with Crippen LogP contribution in [-0.4, -0.2) is 4.98 Å². The minimum atomic E-state index is 0.591. The van der Waals surface area contributed by atoms with Crippen molar-refractivity contribution in [2.24, 2.45) is 0 Å². The number of benzene rings is 1. The Balaban J connectivity index is 2.65. The van der Waals surface area contributed by atoms with Crippen LogP contribution >= 0.6 is 0 Å². The van der Waals surface area contributed by atoms with Crippen molar-refractivity contribution in [2.45, 2.75) is 26.2 Å². The summed E-state index contributed by atoms with van der Waals surface area (Å²) >= 11 is 0. The van der Waals surface area contributed by atoms with E-state index >= 15 is 0 Å². The molecule has 2 rings (SSSR count). The van der Waals surface area contributed by atoms with Gasteiger partial charge in [-0.15, -0.1) is 0 Å². The third kappa shape index (κ3) is 1.50. The molecule has 0 aliphatic carbocycles. The Morgan fingerprint density at radius 3 is 2.79 bits per heavy atom. The topological polar surface area (TPSA) is 12.9 Å². The first-order valence-electron chi connectivity index (χ1n) is 5.15. The third-order valence-corrected chi connectivity index (χ3v) is 2.84. The van der Waals surface area contributed by atoms with Crippen molar-refractivity contribution in [3.8, 4) is 0 Å². The summed E-state index contributed by atoms with van der Waals surface area (Å²) in [4.78, 5) is 4.28. The molecular weight excluding hydrogens is 170 g/mol. The van der Waals surface area contributed by atoms with Gasteiger partial charge in [0.05, 0.1) is 0 Å². The van der Waals surface area contributed by atoms with Gasteiger partial charge in [-0.25, -0.2) is 0 Å². The molecule has 1 aromatic carbocycles. The SMILES string of the molecule is CCC(C)c1cncc2ccccc12. The lowest BCUT2D eigenvalue weighted by Gasteiger charge is -2.11. The van der Waals surface area contributed by atoms with Gasteiger partial charge in [-0.2, -0.15) is 0 Å². The summed E-state index contributed by atoms with van der Waals surface area (Å²) in [5.74, 6) is 0.591. The van der Waals surface area contributed by atoms with E-state index in [2.05, 4.69) is 43.1 Å². The second kappa shape index (κ2) is 3.79. The highest BCUT2D eigenvalue weighted by molar-refractivity contribution is 5.85. The fourth-order valence-electron chi connectivity index (χ4n) is 1.75. The molecular formula is C13H15N. The first-order chi connectivity index (χ1) is 6.83. The Kier molecular flexibility index (Phi) is 2.49. The van der Waals surface area contributed by atoms with Crippen LogP contribution in [0.3, 0.4) is 0 Å². The zero-order valence-corrected chi connectivity index (χ0v) is 8.70. The molecule has 1 heteroatoms. The molecule has 2 aromatic rings. The molecule has 1 atom stereocenters. The highest BCUT2D eigenvalue weighted by atomic mass is 14.6. The van der Waals surface area contributed by atoms with Gasteiger partial charge in [-0.05, 0) is 23.3 Å². The van der Waals surface area contributed by atoms with Crippen LogP contribution in [0.5, 0.6) is 0 Å². The molecule has 1 heterocycles. The van der Waals surface area contributed by atoms with Crippen molar-refractivity contribution in [2.75, 3.05) is 0 Å². The number of hydrogen-bond acceptors (Lipinski definition) is 1. The monoisotopic (exact) mass is 185 g/mol. The highest BCUT2D eigenvalue weighted by Gasteiger charge is 2.06. The molecule has 0 N–H and O–H groups in total. The second-order valence-electron chi connectivity index (χ2n) is 3.76. The maximum absolute atomic E-state index is 4.28. The number of hydrogen-bond donors (Lipinski definition) is 0. The maximum Gasteiger partial charge on any atom is 0.0346 e. The summed E-state index contributed by atoms with van der Waals surface area (Å²) in [5, 5.41) is 2.59. The lowest BCUT2D eigenvalue weighted by atomic mass is 9.95. The van der Waals surface area contributed by atoms with Crippen molar-refractivity contribution in [1.82, 2.24) is 4.98 Å². The van der Waals surface area contributed by atoms with Gasteiger partial charge in [0.15, 0.2) is 0 Å². The van der Waals surface area contributed by atoms with Crippen LogP contribution in [0.1, 0.15) is 31.7 Å². The predicted octanol–water partition coefficient (Wildman–Crippen LogP) is 3.75. The summed E-state index contributed by atoms with van der Waals surface area (Å²) in [6.45, 7) is 4.47. The normalized spacial score (nSPS) is 13.0. The van der Waals surface area contributed by atoms with Gasteiger partial charge in [0.1, 0.15) is 0 Å². The summed E-state index contributed by atoms with van der Waals surface area (Å²) in [5.41, 5.74) is 1.37. The van der Waals surface area contributed by atoms with E-state index in [-0.39, 0.29) is 0 Å². The quantitative estimate of drug-likeness (QED) is 0.694. The average molecular weight is 185 g/mol. The van der Waals surface area contributed by atoms with E-state index in [1.54, 1.807) is 0 Å². The molecule has 0 saturated carbocycles. The molecule has 1 unspecified atom stereocenters. The van der Waals surface area contributed by atoms with E-state index in [0.717, 1.165) is 6.42 Å². The Labute approximate surface area is 84.8 Å². The van der Waals surface area contributed by atoms with Crippen LogP contribution < -0.4 is 0 Å². The number of pyridine rings is 1. The molecule has 0 radical (unpaired) electrons. The molecule has 1 nitrogen and oxygen atoms in total. The van der Waals surface area contributed by atoms with Crippen molar-refractivity contribution in [3.05, 3.63) is 42.2 Å². The smallest absolute Gasteiger partial charge is 0.0346 e. The molecule has 0 aliphatic rings. The third-order valence-electron chi connectivity index (χ3n) is 2.84. The predicted molar refractivity (Wildman–Crippen MR) is 60.4 cm³/mol.